The molecule has 2 amide bonds. The molecule has 1 saturated carbocycles. The number of nitrogens with zero attached hydrogens (tertiary/aromatic N) is 2. The minimum absolute atomic E-state index is 0.0112. The number of hydrogen-bond acceptors (Lipinski definition) is 4. The summed E-state index contributed by atoms with van der Waals surface area (Å²) < 4.78 is 0. The van der Waals surface area contributed by atoms with Gasteiger partial charge in [0.15, 0.2) is 0 Å². The molecule has 6 nitrogen and oxygen atoms in total. The lowest BCUT2D eigenvalue weighted by molar-refractivity contribution is -0.128. The predicted octanol–water partition coefficient (Wildman–Crippen LogP) is 4.62. The number of carbonyl (C=O) groups excluding carboxylic acids is 2. The number of thiophene rings is 1. The first-order valence-electron chi connectivity index (χ1n) is 11.4. The van der Waals surface area contributed by atoms with E-state index in [1.54, 1.807) is 15.9 Å². The Morgan fingerprint density at radius 1 is 1.16 bits per heavy atom. The fourth-order valence-corrected chi connectivity index (χ4v) is 5.30. The Bertz CT molecular complexity index is 941. The molecule has 1 aliphatic carbocycles. The average Bonchev–Trinajstić information content (AvgIpc) is 3.35. The van der Waals surface area contributed by atoms with Gasteiger partial charge in [0.25, 0.3) is 0 Å². The van der Waals surface area contributed by atoms with E-state index in [9.17, 15) is 19.5 Å². The highest BCUT2D eigenvalue weighted by molar-refractivity contribution is 7.15. The van der Waals surface area contributed by atoms with E-state index in [4.69, 9.17) is 0 Å². The van der Waals surface area contributed by atoms with Gasteiger partial charge in [-0.05, 0) is 64.9 Å². The topological polar surface area (TPSA) is 77.9 Å². The lowest BCUT2D eigenvalue weighted by Crippen LogP contribution is -2.46. The van der Waals surface area contributed by atoms with Crippen LogP contribution in [0, 0.1) is 29.1 Å². The summed E-state index contributed by atoms with van der Waals surface area (Å²) in [6.45, 7) is 10.8. The van der Waals surface area contributed by atoms with Crippen molar-refractivity contribution < 1.29 is 19.5 Å². The van der Waals surface area contributed by atoms with Crippen LogP contribution in [0.1, 0.15) is 81.3 Å². The summed E-state index contributed by atoms with van der Waals surface area (Å²) in [6, 6.07) is 1.54. The highest BCUT2D eigenvalue weighted by Gasteiger charge is 2.39. The minimum Gasteiger partial charge on any atom is -0.477 e. The van der Waals surface area contributed by atoms with Crippen molar-refractivity contribution in [2.24, 2.45) is 17.3 Å². The zero-order valence-electron chi connectivity index (χ0n) is 19.7. The van der Waals surface area contributed by atoms with Crippen LogP contribution in [0.4, 0.5) is 5.69 Å². The normalized spacial score (nSPS) is 23.4. The van der Waals surface area contributed by atoms with Gasteiger partial charge in [0.1, 0.15) is 4.88 Å². The van der Waals surface area contributed by atoms with E-state index < -0.39 is 5.97 Å². The molecule has 32 heavy (non-hydrogen) atoms. The minimum atomic E-state index is -1.05. The number of carbonyl (C=O) groups is 3. The molecule has 174 valence electrons. The van der Waals surface area contributed by atoms with E-state index in [0.717, 1.165) is 37.0 Å². The molecule has 1 saturated heterocycles. The van der Waals surface area contributed by atoms with Crippen LogP contribution >= 0.6 is 11.3 Å². The zero-order chi connectivity index (χ0) is 23.6. The molecule has 0 unspecified atom stereocenters. The van der Waals surface area contributed by atoms with Gasteiger partial charge in [-0.3, -0.25) is 9.59 Å². The van der Waals surface area contributed by atoms with Crippen LogP contribution in [0.25, 0.3) is 0 Å². The molecule has 1 atom stereocenters. The predicted molar refractivity (Wildman–Crippen MR) is 127 cm³/mol. The van der Waals surface area contributed by atoms with E-state index in [2.05, 4.69) is 18.8 Å². The van der Waals surface area contributed by atoms with Crippen LogP contribution < -0.4 is 4.90 Å². The summed E-state index contributed by atoms with van der Waals surface area (Å²) in [5.41, 5.74) is 0.217. The van der Waals surface area contributed by atoms with Crippen LogP contribution in [0.15, 0.2) is 6.07 Å². The first-order chi connectivity index (χ1) is 15.0. The van der Waals surface area contributed by atoms with Crippen LogP contribution in [0.5, 0.6) is 0 Å². The van der Waals surface area contributed by atoms with Crippen molar-refractivity contribution in [3.05, 3.63) is 15.8 Å². The summed E-state index contributed by atoms with van der Waals surface area (Å²) in [5, 5.41) is 9.93. The van der Waals surface area contributed by atoms with Crippen LogP contribution in [0.3, 0.4) is 0 Å². The van der Waals surface area contributed by atoms with Crippen molar-refractivity contribution in [3.63, 3.8) is 0 Å². The molecule has 7 heteroatoms. The van der Waals surface area contributed by atoms with Crippen molar-refractivity contribution in [1.29, 1.82) is 0 Å². The Kier molecular flexibility index (Phi) is 7.34. The molecule has 2 fully saturated rings. The number of anilines is 1. The average molecular weight is 459 g/mol. The fraction of sp³-hybridized carbons (Fsp3) is 0.640. The molecule has 0 radical (unpaired) electrons. The molecule has 1 aromatic heterocycles. The number of carboxylic acids is 1. The Hall–Kier alpha value is -2.33. The molecule has 1 N–H and O–H groups in total. The zero-order valence-corrected chi connectivity index (χ0v) is 20.6. The standard InChI is InChI=1S/C25H34N2O4S/c1-16-6-8-18(9-7-16)23(29)27(19-11-13-26(15-19)17(2)28)21-14-20(10-12-25(3,4)5)32-22(21)24(30)31/h14,16,18-19H,6-9,11,13,15H2,1-5H3,(H,30,31)/t16-,18-,19-/m1/s1. The second-order valence-corrected chi connectivity index (χ2v) is 11.3. The highest BCUT2D eigenvalue weighted by Crippen LogP contribution is 2.37. The molecule has 0 aromatic carbocycles. The Morgan fingerprint density at radius 3 is 2.34 bits per heavy atom. The van der Waals surface area contributed by atoms with Gasteiger partial charge in [-0.25, -0.2) is 4.79 Å². The van der Waals surface area contributed by atoms with Gasteiger partial charge in [0.2, 0.25) is 11.8 Å². The monoisotopic (exact) mass is 458 g/mol. The molecule has 2 heterocycles. The third-order valence-corrected chi connectivity index (χ3v) is 7.33. The van der Waals surface area contributed by atoms with Gasteiger partial charge >= 0.3 is 5.97 Å². The van der Waals surface area contributed by atoms with Crippen molar-refractivity contribution >= 4 is 34.8 Å². The lowest BCUT2D eigenvalue weighted by atomic mass is 9.82. The van der Waals surface area contributed by atoms with Gasteiger partial charge in [0.05, 0.1) is 16.6 Å². The van der Waals surface area contributed by atoms with E-state index >= 15 is 0 Å². The second kappa shape index (κ2) is 9.66. The Labute approximate surface area is 195 Å². The molecule has 1 aromatic rings. The van der Waals surface area contributed by atoms with Crippen LogP contribution in [0.2, 0.25) is 0 Å². The summed E-state index contributed by atoms with van der Waals surface area (Å²) in [5.74, 6) is 5.68. The SMILES string of the molecule is CC(=O)N1CC[C@@H](N(c2cc(C#CC(C)(C)C)sc2C(=O)O)C(=O)[C@H]2CC[C@H](C)CC2)C1. The maximum Gasteiger partial charge on any atom is 0.348 e. The smallest absolute Gasteiger partial charge is 0.348 e. The van der Waals surface area contributed by atoms with E-state index in [0.29, 0.717) is 36.0 Å². The number of carboxylic acid groups (broad SMARTS) is 1. The van der Waals surface area contributed by atoms with Crippen molar-refractivity contribution in [3.8, 4) is 11.8 Å². The summed E-state index contributed by atoms with van der Waals surface area (Å²) in [4.78, 5) is 42.0. The second-order valence-electron chi connectivity index (χ2n) is 10.2. The molecule has 2 aliphatic rings. The van der Waals surface area contributed by atoms with E-state index in [-0.39, 0.29) is 34.1 Å². The molecule has 3 rings (SSSR count). The molecular formula is C25H34N2O4S. The van der Waals surface area contributed by atoms with Gasteiger partial charge in [-0.1, -0.05) is 18.8 Å². The first kappa shape index (κ1) is 24.3. The van der Waals surface area contributed by atoms with Gasteiger partial charge in [-0.2, -0.15) is 0 Å². The number of hydrogen-bond donors (Lipinski definition) is 1. The molecule has 0 bridgehead atoms. The maximum absolute atomic E-state index is 13.8. The molecule has 1 aliphatic heterocycles. The van der Waals surface area contributed by atoms with E-state index in [1.807, 2.05) is 20.8 Å². The number of aromatic carboxylic acids is 1. The third kappa shape index (κ3) is 5.72. The van der Waals surface area contributed by atoms with Crippen molar-refractivity contribution in [2.45, 2.75) is 72.8 Å². The number of rotatable bonds is 4. The Morgan fingerprint density at radius 2 is 1.81 bits per heavy atom. The highest BCUT2D eigenvalue weighted by atomic mass is 32.1. The van der Waals surface area contributed by atoms with Crippen LogP contribution in [-0.4, -0.2) is 46.9 Å². The number of amides is 2. The summed E-state index contributed by atoms with van der Waals surface area (Å²) >= 11 is 1.12. The third-order valence-electron chi connectivity index (χ3n) is 6.30. The largest absolute Gasteiger partial charge is 0.477 e. The number of likely N-dealkylation sites (tertiary alicyclic amines) is 1. The molecule has 0 spiro atoms. The van der Waals surface area contributed by atoms with Gasteiger partial charge < -0.3 is 14.9 Å². The maximum atomic E-state index is 13.8. The van der Waals surface area contributed by atoms with Gasteiger partial charge in [0, 0.05) is 31.3 Å². The van der Waals surface area contributed by atoms with E-state index in [1.165, 1.54) is 6.92 Å². The molecular weight excluding hydrogens is 424 g/mol. The van der Waals surface area contributed by atoms with Gasteiger partial charge in [-0.15, -0.1) is 11.3 Å². The summed E-state index contributed by atoms with van der Waals surface area (Å²) in [7, 11) is 0. The fourth-order valence-electron chi connectivity index (χ4n) is 4.46. The van der Waals surface area contributed by atoms with Crippen LogP contribution in [-0.2, 0) is 9.59 Å². The summed E-state index contributed by atoms with van der Waals surface area (Å²) in [6.07, 6.45) is 4.30. The Balaban J connectivity index is 2.01. The quantitative estimate of drug-likeness (QED) is 0.668. The van der Waals surface area contributed by atoms with Crippen molar-refractivity contribution in [2.75, 3.05) is 18.0 Å². The van der Waals surface area contributed by atoms with Crippen molar-refractivity contribution in [1.82, 2.24) is 4.90 Å². The first-order valence-corrected chi connectivity index (χ1v) is 12.3. The lowest BCUT2D eigenvalue weighted by Gasteiger charge is -2.34.